The molecule has 1 N–H and O–H groups in total. The molecule has 0 bridgehead atoms. The highest BCUT2D eigenvalue weighted by molar-refractivity contribution is 7.99. The number of hydrogen-bond acceptors (Lipinski definition) is 4. The first-order chi connectivity index (χ1) is 11.1. The average Bonchev–Trinajstić information content (AvgIpc) is 2.94. The number of carbonyl (C=O) groups excluding carboxylic acids is 1. The summed E-state index contributed by atoms with van der Waals surface area (Å²) < 4.78 is 19.0. The number of carbonyl (C=O) groups is 1. The fraction of sp³-hybridized carbons (Fsp3) is 0.125. The van der Waals surface area contributed by atoms with Crippen LogP contribution in [0.2, 0.25) is 5.02 Å². The van der Waals surface area contributed by atoms with Gasteiger partial charge >= 0.3 is 0 Å². The number of fused-ring (bicyclic) bond motifs is 1. The normalized spacial score (nSPS) is 10.9. The third-order valence-corrected chi connectivity index (χ3v) is 4.15. The quantitative estimate of drug-likeness (QED) is 0.706. The molecule has 2 aromatic carbocycles. The van der Waals surface area contributed by atoms with Crippen molar-refractivity contribution in [2.45, 2.75) is 11.8 Å². The first-order valence-corrected chi connectivity index (χ1v) is 8.17. The number of benzene rings is 2. The number of nitrogens with one attached hydrogen (secondary N) is 1. The second kappa shape index (κ2) is 7.02. The Hall–Kier alpha value is -2.05. The molecule has 118 valence electrons. The molecule has 0 unspecified atom stereocenters. The second-order valence-corrected chi connectivity index (χ2v) is 6.11. The molecule has 0 aliphatic carbocycles. The minimum atomic E-state index is -0.337. The number of rotatable bonds is 5. The first-order valence-electron chi connectivity index (χ1n) is 6.81. The molecule has 4 nitrogen and oxygen atoms in total. The Bertz CT molecular complexity index is 853. The van der Waals surface area contributed by atoms with Crippen molar-refractivity contribution in [2.24, 2.45) is 0 Å². The van der Waals surface area contributed by atoms with Crippen molar-refractivity contribution in [3.8, 4) is 0 Å². The molecular formula is C16H12ClFN2O2S. The van der Waals surface area contributed by atoms with Gasteiger partial charge in [0.25, 0.3) is 5.22 Å². The molecule has 1 amide bonds. The summed E-state index contributed by atoms with van der Waals surface area (Å²) in [5, 5.41) is 3.63. The van der Waals surface area contributed by atoms with Crippen LogP contribution >= 0.6 is 23.4 Å². The highest BCUT2D eigenvalue weighted by Crippen LogP contribution is 2.25. The van der Waals surface area contributed by atoms with E-state index in [1.54, 1.807) is 36.4 Å². The highest BCUT2D eigenvalue weighted by atomic mass is 35.5. The number of halogens is 2. The lowest BCUT2D eigenvalue weighted by atomic mass is 10.2. The van der Waals surface area contributed by atoms with E-state index in [0.717, 1.165) is 0 Å². The molecule has 0 aliphatic rings. The Labute approximate surface area is 141 Å². The van der Waals surface area contributed by atoms with E-state index in [2.05, 4.69) is 10.3 Å². The van der Waals surface area contributed by atoms with Crippen LogP contribution in [0.3, 0.4) is 0 Å². The van der Waals surface area contributed by atoms with Crippen molar-refractivity contribution in [3.63, 3.8) is 0 Å². The monoisotopic (exact) mass is 350 g/mol. The Morgan fingerprint density at radius 2 is 2.13 bits per heavy atom. The highest BCUT2D eigenvalue weighted by Gasteiger charge is 2.10. The van der Waals surface area contributed by atoms with E-state index in [1.807, 2.05) is 0 Å². The van der Waals surface area contributed by atoms with E-state index in [-0.39, 0.29) is 24.0 Å². The van der Waals surface area contributed by atoms with Gasteiger partial charge in [0, 0.05) is 17.1 Å². The van der Waals surface area contributed by atoms with E-state index in [0.29, 0.717) is 26.9 Å². The third-order valence-electron chi connectivity index (χ3n) is 3.09. The van der Waals surface area contributed by atoms with Crippen LogP contribution in [0.5, 0.6) is 0 Å². The predicted octanol–water partition coefficient (Wildman–Crippen LogP) is 4.03. The Balaban J connectivity index is 1.54. The number of nitrogens with zero attached hydrogens (tertiary/aromatic N) is 1. The van der Waals surface area contributed by atoms with Crippen molar-refractivity contribution < 1.29 is 13.6 Å². The molecule has 0 aliphatic heterocycles. The zero-order valence-electron chi connectivity index (χ0n) is 11.9. The summed E-state index contributed by atoms with van der Waals surface area (Å²) in [6.45, 7) is 0.148. The number of thioether (sulfide) groups is 1. The number of oxazole rings is 1. The molecule has 0 atom stereocenters. The predicted molar refractivity (Wildman–Crippen MR) is 88.0 cm³/mol. The SMILES string of the molecule is O=C(CSc1nc2cc(Cl)ccc2o1)NCc1ccccc1F. The number of aromatic nitrogens is 1. The lowest BCUT2D eigenvalue weighted by Crippen LogP contribution is -2.25. The third kappa shape index (κ3) is 4.03. The Morgan fingerprint density at radius 1 is 1.30 bits per heavy atom. The maximum atomic E-state index is 13.4. The van der Waals surface area contributed by atoms with Crippen LogP contribution in [0.15, 0.2) is 52.1 Å². The topological polar surface area (TPSA) is 55.1 Å². The van der Waals surface area contributed by atoms with Gasteiger partial charge in [-0.1, -0.05) is 41.6 Å². The summed E-state index contributed by atoms with van der Waals surface area (Å²) in [5.74, 6) is -0.426. The smallest absolute Gasteiger partial charge is 0.257 e. The van der Waals surface area contributed by atoms with Gasteiger partial charge in [-0.3, -0.25) is 4.79 Å². The lowest BCUT2D eigenvalue weighted by Gasteiger charge is -2.05. The van der Waals surface area contributed by atoms with Crippen molar-refractivity contribution >= 4 is 40.4 Å². The van der Waals surface area contributed by atoms with E-state index in [4.69, 9.17) is 16.0 Å². The summed E-state index contributed by atoms with van der Waals surface area (Å²) in [5.41, 5.74) is 1.71. The van der Waals surface area contributed by atoms with Crippen molar-refractivity contribution in [1.29, 1.82) is 0 Å². The lowest BCUT2D eigenvalue weighted by molar-refractivity contribution is -0.118. The zero-order chi connectivity index (χ0) is 16.2. The number of amides is 1. The van der Waals surface area contributed by atoms with Crippen LogP contribution in [0, 0.1) is 5.82 Å². The van der Waals surface area contributed by atoms with Crippen LogP contribution in [-0.4, -0.2) is 16.6 Å². The van der Waals surface area contributed by atoms with Crippen molar-refractivity contribution in [2.75, 3.05) is 5.75 Å². The van der Waals surface area contributed by atoms with Gasteiger partial charge in [0.05, 0.1) is 5.75 Å². The van der Waals surface area contributed by atoms with E-state index in [9.17, 15) is 9.18 Å². The Kier molecular flexibility index (Phi) is 4.83. The standard InChI is InChI=1S/C16H12ClFN2O2S/c17-11-5-6-14-13(7-11)20-16(22-14)23-9-15(21)19-8-10-3-1-2-4-12(10)18/h1-7H,8-9H2,(H,19,21). The molecule has 0 fully saturated rings. The van der Waals surface area contributed by atoms with Gasteiger partial charge in [-0.05, 0) is 24.3 Å². The van der Waals surface area contributed by atoms with Crippen molar-refractivity contribution in [3.05, 3.63) is 58.9 Å². The summed E-state index contributed by atoms with van der Waals surface area (Å²) >= 11 is 7.06. The molecule has 1 aromatic heterocycles. The van der Waals surface area contributed by atoms with Gasteiger partial charge in [-0.15, -0.1) is 0 Å². The number of hydrogen-bond donors (Lipinski definition) is 1. The van der Waals surface area contributed by atoms with E-state index >= 15 is 0 Å². The average molecular weight is 351 g/mol. The van der Waals surface area contributed by atoms with Gasteiger partial charge in [0.2, 0.25) is 5.91 Å². The molecule has 23 heavy (non-hydrogen) atoms. The summed E-state index contributed by atoms with van der Waals surface area (Å²) in [7, 11) is 0. The summed E-state index contributed by atoms with van der Waals surface area (Å²) in [6, 6.07) is 11.5. The van der Waals surface area contributed by atoms with Crippen LogP contribution in [0.1, 0.15) is 5.56 Å². The van der Waals surface area contributed by atoms with Gasteiger partial charge in [-0.2, -0.15) is 0 Å². The van der Waals surface area contributed by atoms with Crippen molar-refractivity contribution in [1.82, 2.24) is 10.3 Å². The fourth-order valence-corrected chi connectivity index (χ4v) is 2.79. The molecule has 3 rings (SSSR count). The molecule has 7 heteroatoms. The largest absolute Gasteiger partial charge is 0.431 e. The first kappa shape index (κ1) is 15.8. The molecule has 3 aromatic rings. The molecule has 0 saturated heterocycles. The van der Waals surface area contributed by atoms with Crippen LogP contribution in [-0.2, 0) is 11.3 Å². The van der Waals surface area contributed by atoms with Gasteiger partial charge in [-0.25, -0.2) is 9.37 Å². The second-order valence-electron chi connectivity index (χ2n) is 4.75. The van der Waals surface area contributed by atoms with Gasteiger partial charge < -0.3 is 9.73 Å². The van der Waals surface area contributed by atoms with E-state index in [1.165, 1.54) is 17.8 Å². The van der Waals surface area contributed by atoms with Crippen LogP contribution < -0.4 is 5.32 Å². The molecular weight excluding hydrogens is 339 g/mol. The summed E-state index contributed by atoms with van der Waals surface area (Å²) in [4.78, 5) is 16.1. The minimum Gasteiger partial charge on any atom is -0.431 e. The van der Waals surface area contributed by atoms with Crippen LogP contribution in [0.25, 0.3) is 11.1 Å². The van der Waals surface area contributed by atoms with Gasteiger partial charge in [0.1, 0.15) is 11.3 Å². The molecule has 0 spiro atoms. The van der Waals surface area contributed by atoms with E-state index < -0.39 is 0 Å². The maximum absolute atomic E-state index is 13.4. The van der Waals surface area contributed by atoms with Gasteiger partial charge in [0.15, 0.2) is 5.58 Å². The fourth-order valence-electron chi connectivity index (χ4n) is 1.96. The molecule has 0 radical (unpaired) electrons. The molecule has 0 saturated carbocycles. The minimum absolute atomic E-state index is 0.134. The summed E-state index contributed by atoms with van der Waals surface area (Å²) in [6.07, 6.45) is 0. The van der Waals surface area contributed by atoms with Crippen LogP contribution in [0.4, 0.5) is 4.39 Å². The zero-order valence-corrected chi connectivity index (χ0v) is 13.5. The molecule has 1 heterocycles. The maximum Gasteiger partial charge on any atom is 0.257 e. The Morgan fingerprint density at radius 3 is 2.96 bits per heavy atom.